The number of carbonyl (C=O) groups is 1. The van der Waals surface area contributed by atoms with Gasteiger partial charge in [0, 0.05) is 12.6 Å². The molecule has 0 saturated heterocycles. The minimum absolute atomic E-state index is 0.0307. The number of fused-ring (bicyclic) bond motifs is 1. The summed E-state index contributed by atoms with van der Waals surface area (Å²) >= 11 is 0. The van der Waals surface area contributed by atoms with Gasteiger partial charge in [-0.1, -0.05) is 24.3 Å². The van der Waals surface area contributed by atoms with Crippen molar-refractivity contribution >= 4 is 17.3 Å². The van der Waals surface area contributed by atoms with Crippen LogP contribution in [0.25, 0.3) is 0 Å². The van der Waals surface area contributed by atoms with Crippen LogP contribution in [0.5, 0.6) is 5.75 Å². The van der Waals surface area contributed by atoms with Crippen molar-refractivity contribution in [1.29, 1.82) is 0 Å². The van der Waals surface area contributed by atoms with Gasteiger partial charge in [-0.05, 0) is 23.8 Å². The van der Waals surface area contributed by atoms with Gasteiger partial charge >= 0.3 is 0 Å². The normalized spacial score (nSPS) is 14.7. The van der Waals surface area contributed by atoms with Gasteiger partial charge in [0.05, 0.1) is 25.0 Å². The van der Waals surface area contributed by atoms with Crippen molar-refractivity contribution in [1.82, 2.24) is 5.32 Å². The van der Waals surface area contributed by atoms with E-state index in [1.807, 2.05) is 48.5 Å². The number of nitrogens with one attached hydrogen (secondary N) is 1. The maximum Gasteiger partial charge on any atom is 0.245 e. The molecule has 4 heteroatoms. The lowest BCUT2D eigenvalue weighted by molar-refractivity contribution is -0.117. The summed E-state index contributed by atoms with van der Waals surface area (Å²) in [6.07, 6.45) is 0. The SMILES string of the molecule is COc1cccc(N2C(=O)CNCc3ccccc32)c1. The first-order valence-corrected chi connectivity index (χ1v) is 6.55. The minimum atomic E-state index is 0.0307. The highest BCUT2D eigenvalue weighted by Crippen LogP contribution is 2.32. The molecule has 1 aliphatic heterocycles. The molecule has 20 heavy (non-hydrogen) atoms. The van der Waals surface area contributed by atoms with Gasteiger partial charge in [0.2, 0.25) is 5.91 Å². The van der Waals surface area contributed by atoms with Crippen LogP contribution in [0.1, 0.15) is 5.56 Å². The zero-order valence-corrected chi connectivity index (χ0v) is 11.3. The van der Waals surface area contributed by atoms with E-state index in [0.29, 0.717) is 13.1 Å². The fourth-order valence-corrected chi connectivity index (χ4v) is 2.43. The highest BCUT2D eigenvalue weighted by molar-refractivity contribution is 6.03. The van der Waals surface area contributed by atoms with Crippen molar-refractivity contribution in [2.24, 2.45) is 0 Å². The van der Waals surface area contributed by atoms with Crippen molar-refractivity contribution in [3.8, 4) is 5.75 Å². The molecule has 0 atom stereocenters. The van der Waals surface area contributed by atoms with Crippen LogP contribution < -0.4 is 15.0 Å². The zero-order valence-electron chi connectivity index (χ0n) is 11.3. The molecule has 3 rings (SSSR count). The Hall–Kier alpha value is -2.33. The predicted molar refractivity (Wildman–Crippen MR) is 78.3 cm³/mol. The number of methoxy groups -OCH3 is 1. The van der Waals surface area contributed by atoms with Gasteiger partial charge in [0.1, 0.15) is 5.75 Å². The van der Waals surface area contributed by atoms with Crippen LogP contribution in [0.4, 0.5) is 11.4 Å². The fraction of sp³-hybridized carbons (Fsp3) is 0.188. The summed E-state index contributed by atoms with van der Waals surface area (Å²) in [5.74, 6) is 0.771. The molecule has 1 N–H and O–H groups in total. The Kier molecular flexibility index (Phi) is 3.39. The smallest absolute Gasteiger partial charge is 0.245 e. The molecule has 0 aromatic heterocycles. The van der Waals surface area contributed by atoms with Crippen LogP contribution in [-0.2, 0) is 11.3 Å². The lowest BCUT2D eigenvalue weighted by Gasteiger charge is -2.23. The molecule has 0 radical (unpaired) electrons. The van der Waals surface area contributed by atoms with Gasteiger partial charge in [-0.3, -0.25) is 9.69 Å². The Bertz CT molecular complexity index is 640. The number of hydrogen-bond acceptors (Lipinski definition) is 3. The van der Waals surface area contributed by atoms with Gasteiger partial charge in [0.15, 0.2) is 0 Å². The number of nitrogens with zero attached hydrogens (tertiary/aromatic N) is 1. The maximum absolute atomic E-state index is 12.4. The lowest BCUT2D eigenvalue weighted by Crippen LogP contribution is -2.31. The van der Waals surface area contributed by atoms with E-state index in [-0.39, 0.29) is 5.91 Å². The molecule has 0 bridgehead atoms. The Morgan fingerprint density at radius 3 is 2.80 bits per heavy atom. The topological polar surface area (TPSA) is 41.6 Å². The monoisotopic (exact) mass is 268 g/mol. The van der Waals surface area contributed by atoms with Gasteiger partial charge in [-0.15, -0.1) is 0 Å². The molecule has 0 aliphatic carbocycles. The third kappa shape index (κ3) is 2.26. The number of carbonyl (C=O) groups excluding carboxylic acids is 1. The Morgan fingerprint density at radius 2 is 1.95 bits per heavy atom. The van der Waals surface area contributed by atoms with E-state index < -0.39 is 0 Å². The number of rotatable bonds is 2. The molecule has 102 valence electrons. The van der Waals surface area contributed by atoms with Crippen LogP contribution in [0, 0.1) is 0 Å². The van der Waals surface area contributed by atoms with Gasteiger partial charge in [0.25, 0.3) is 0 Å². The molecule has 1 heterocycles. The van der Waals surface area contributed by atoms with E-state index in [1.54, 1.807) is 12.0 Å². The minimum Gasteiger partial charge on any atom is -0.497 e. The van der Waals surface area contributed by atoms with E-state index in [1.165, 1.54) is 0 Å². The quantitative estimate of drug-likeness (QED) is 0.909. The van der Waals surface area contributed by atoms with Crippen molar-refractivity contribution in [3.63, 3.8) is 0 Å². The molecule has 4 nitrogen and oxygen atoms in total. The van der Waals surface area contributed by atoms with Crippen molar-refractivity contribution in [2.45, 2.75) is 6.54 Å². The van der Waals surface area contributed by atoms with E-state index in [9.17, 15) is 4.79 Å². The van der Waals surface area contributed by atoms with Gasteiger partial charge < -0.3 is 10.1 Å². The molecule has 2 aromatic carbocycles. The molecule has 0 fully saturated rings. The second-order valence-electron chi connectivity index (χ2n) is 4.66. The third-order valence-corrected chi connectivity index (χ3v) is 3.39. The summed E-state index contributed by atoms with van der Waals surface area (Å²) in [5.41, 5.74) is 2.86. The lowest BCUT2D eigenvalue weighted by atomic mass is 10.1. The summed E-state index contributed by atoms with van der Waals surface area (Å²) < 4.78 is 5.25. The van der Waals surface area contributed by atoms with E-state index in [2.05, 4.69) is 5.32 Å². The van der Waals surface area contributed by atoms with Crippen molar-refractivity contribution < 1.29 is 9.53 Å². The number of ether oxygens (including phenoxy) is 1. The molecule has 0 saturated carbocycles. The summed E-state index contributed by atoms with van der Waals surface area (Å²) in [5, 5.41) is 3.16. The van der Waals surface area contributed by atoms with Gasteiger partial charge in [-0.2, -0.15) is 0 Å². The van der Waals surface area contributed by atoms with E-state index in [4.69, 9.17) is 4.74 Å². The Balaban J connectivity index is 2.12. The van der Waals surface area contributed by atoms with E-state index in [0.717, 1.165) is 22.7 Å². The summed E-state index contributed by atoms with van der Waals surface area (Å²) in [7, 11) is 1.62. The molecular formula is C16H16N2O2. The number of hydrogen-bond donors (Lipinski definition) is 1. The first-order chi connectivity index (χ1) is 9.79. The van der Waals surface area contributed by atoms with Crippen LogP contribution in [-0.4, -0.2) is 19.6 Å². The van der Waals surface area contributed by atoms with Crippen LogP contribution in [0.2, 0.25) is 0 Å². The molecule has 1 amide bonds. The largest absolute Gasteiger partial charge is 0.497 e. The predicted octanol–water partition coefficient (Wildman–Crippen LogP) is 2.46. The molecule has 0 spiro atoms. The van der Waals surface area contributed by atoms with Crippen LogP contribution >= 0.6 is 0 Å². The summed E-state index contributed by atoms with van der Waals surface area (Å²) in [6, 6.07) is 15.5. The number of amides is 1. The number of para-hydroxylation sites is 1. The Morgan fingerprint density at radius 1 is 1.10 bits per heavy atom. The Labute approximate surface area is 118 Å². The molecule has 0 unspecified atom stereocenters. The van der Waals surface area contributed by atoms with Crippen LogP contribution in [0.3, 0.4) is 0 Å². The highest BCUT2D eigenvalue weighted by atomic mass is 16.5. The third-order valence-electron chi connectivity index (χ3n) is 3.39. The molecule has 1 aliphatic rings. The average molecular weight is 268 g/mol. The van der Waals surface area contributed by atoms with Crippen molar-refractivity contribution in [2.75, 3.05) is 18.6 Å². The average Bonchev–Trinajstić information content (AvgIpc) is 2.65. The van der Waals surface area contributed by atoms with Gasteiger partial charge in [-0.25, -0.2) is 0 Å². The first kappa shape index (κ1) is 12.7. The second-order valence-corrected chi connectivity index (χ2v) is 4.66. The zero-order chi connectivity index (χ0) is 13.9. The molecular weight excluding hydrogens is 252 g/mol. The summed E-state index contributed by atoms with van der Waals surface area (Å²) in [6.45, 7) is 1.02. The van der Waals surface area contributed by atoms with Crippen LogP contribution in [0.15, 0.2) is 48.5 Å². The highest BCUT2D eigenvalue weighted by Gasteiger charge is 2.23. The number of benzene rings is 2. The maximum atomic E-state index is 12.4. The first-order valence-electron chi connectivity index (χ1n) is 6.55. The fourth-order valence-electron chi connectivity index (χ4n) is 2.43. The van der Waals surface area contributed by atoms with Crippen molar-refractivity contribution in [3.05, 3.63) is 54.1 Å². The number of anilines is 2. The standard InChI is InChI=1S/C16H16N2O2/c1-20-14-7-4-6-13(9-14)18-15-8-3-2-5-12(15)10-17-11-16(18)19/h2-9,17H,10-11H2,1H3. The van der Waals surface area contributed by atoms with E-state index >= 15 is 0 Å². The molecule has 2 aromatic rings. The second kappa shape index (κ2) is 5.35. The summed E-state index contributed by atoms with van der Waals surface area (Å²) in [4.78, 5) is 14.1.